The minimum absolute atomic E-state index is 0.214. The van der Waals surface area contributed by atoms with Crippen molar-refractivity contribution in [3.8, 4) is 17.0 Å². The van der Waals surface area contributed by atoms with Crippen LogP contribution >= 0.6 is 11.3 Å². The Bertz CT molecular complexity index is 1090. The van der Waals surface area contributed by atoms with E-state index in [1.165, 1.54) is 47.6 Å². The van der Waals surface area contributed by atoms with E-state index in [4.69, 9.17) is 4.74 Å². The number of ether oxygens (including phenoxy) is 1. The van der Waals surface area contributed by atoms with Gasteiger partial charge < -0.3 is 10.1 Å². The second-order valence-corrected chi connectivity index (χ2v) is 7.43. The molecule has 0 radical (unpaired) electrons. The summed E-state index contributed by atoms with van der Waals surface area (Å²) in [6, 6.07) is 7.04. The number of rotatable bonds is 5. The number of halogens is 1. The molecule has 0 unspecified atom stereocenters. The minimum atomic E-state index is -0.529. The van der Waals surface area contributed by atoms with Crippen molar-refractivity contribution in [1.29, 1.82) is 0 Å². The van der Waals surface area contributed by atoms with E-state index < -0.39 is 17.3 Å². The van der Waals surface area contributed by atoms with Gasteiger partial charge in [-0.15, -0.1) is 11.3 Å². The summed E-state index contributed by atoms with van der Waals surface area (Å²) in [5, 5.41) is 7.37. The summed E-state index contributed by atoms with van der Waals surface area (Å²) in [4.78, 5) is 30.0. The number of hydrogen-bond donors (Lipinski definition) is 1. The van der Waals surface area contributed by atoms with Gasteiger partial charge in [0.25, 0.3) is 5.56 Å². The Hall–Kier alpha value is -3.07. The van der Waals surface area contributed by atoms with Crippen LogP contribution in [0.15, 0.2) is 35.1 Å². The lowest BCUT2D eigenvalue weighted by Crippen LogP contribution is -2.29. The van der Waals surface area contributed by atoms with Gasteiger partial charge in [0.1, 0.15) is 18.1 Å². The summed E-state index contributed by atoms with van der Waals surface area (Å²) < 4.78 is 20.3. The minimum Gasteiger partial charge on any atom is -0.497 e. The summed E-state index contributed by atoms with van der Waals surface area (Å²) in [7, 11) is 1.45. The molecule has 1 amide bonds. The fourth-order valence-corrected chi connectivity index (χ4v) is 4.14. The molecule has 144 valence electrons. The lowest BCUT2D eigenvalue weighted by atomic mass is 10.1. The zero-order valence-electron chi connectivity index (χ0n) is 15.1. The van der Waals surface area contributed by atoms with E-state index in [0.717, 1.165) is 29.6 Å². The molecule has 7 nitrogen and oxygen atoms in total. The molecule has 0 spiro atoms. The third kappa shape index (κ3) is 3.65. The SMILES string of the molecule is COc1ccc(-c2ccc(=O)n(CC(=O)Nc3nc4c(s3)CCC4)n2)c(F)c1. The average Bonchev–Trinajstić information content (AvgIpc) is 3.25. The maximum absolute atomic E-state index is 14.3. The Labute approximate surface area is 163 Å². The summed E-state index contributed by atoms with van der Waals surface area (Å²) in [6.45, 7) is -0.283. The molecule has 1 N–H and O–H groups in total. The first-order chi connectivity index (χ1) is 13.5. The number of aryl methyl sites for hydroxylation is 2. The highest BCUT2D eigenvalue weighted by Crippen LogP contribution is 2.30. The van der Waals surface area contributed by atoms with E-state index in [0.29, 0.717) is 10.9 Å². The molecule has 2 heterocycles. The molecule has 0 bridgehead atoms. The standard InChI is InChI=1S/C19H17FN4O3S/c1-27-11-5-6-12(13(20)9-11)14-7-8-18(26)24(23-14)10-17(25)22-19-21-15-3-2-4-16(15)28-19/h5-9H,2-4,10H2,1H3,(H,21,22,25). The summed E-state index contributed by atoms with van der Waals surface area (Å²) in [5.41, 5.74) is 1.05. The lowest BCUT2D eigenvalue weighted by Gasteiger charge is -2.08. The number of amides is 1. The number of aromatic nitrogens is 3. The Balaban J connectivity index is 1.53. The van der Waals surface area contributed by atoms with Gasteiger partial charge in [0, 0.05) is 22.6 Å². The molecule has 0 saturated carbocycles. The average molecular weight is 400 g/mol. The Kier molecular flexibility index (Phi) is 4.91. The molecule has 1 aliphatic carbocycles. The monoisotopic (exact) mass is 400 g/mol. The van der Waals surface area contributed by atoms with Crippen LogP contribution in [-0.2, 0) is 24.2 Å². The van der Waals surface area contributed by atoms with Crippen LogP contribution in [-0.4, -0.2) is 27.8 Å². The smallest absolute Gasteiger partial charge is 0.267 e. The quantitative estimate of drug-likeness (QED) is 0.712. The van der Waals surface area contributed by atoms with E-state index >= 15 is 0 Å². The highest BCUT2D eigenvalue weighted by Gasteiger charge is 2.18. The zero-order valence-corrected chi connectivity index (χ0v) is 15.9. The van der Waals surface area contributed by atoms with Crippen molar-refractivity contribution >= 4 is 22.4 Å². The zero-order chi connectivity index (χ0) is 19.7. The largest absolute Gasteiger partial charge is 0.497 e. The predicted octanol–water partition coefficient (Wildman–Crippen LogP) is 2.64. The van der Waals surface area contributed by atoms with Crippen LogP contribution in [0.4, 0.5) is 9.52 Å². The number of benzene rings is 1. The molecule has 9 heteroatoms. The van der Waals surface area contributed by atoms with E-state index in [1.54, 1.807) is 6.07 Å². The maximum Gasteiger partial charge on any atom is 0.267 e. The van der Waals surface area contributed by atoms with Crippen LogP contribution in [0.2, 0.25) is 0 Å². The molecule has 1 aliphatic rings. The number of methoxy groups -OCH3 is 1. The third-order valence-electron chi connectivity index (χ3n) is 4.45. The Morgan fingerprint density at radius 1 is 1.32 bits per heavy atom. The van der Waals surface area contributed by atoms with Gasteiger partial charge in [0.2, 0.25) is 5.91 Å². The first kappa shape index (κ1) is 18.3. The normalized spacial score (nSPS) is 12.6. The first-order valence-electron chi connectivity index (χ1n) is 8.74. The number of carbonyl (C=O) groups excluding carboxylic acids is 1. The van der Waals surface area contributed by atoms with Crippen molar-refractivity contribution < 1.29 is 13.9 Å². The number of carbonyl (C=O) groups is 1. The van der Waals surface area contributed by atoms with Crippen LogP contribution < -0.4 is 15.6 Å². The van der Waals surface area contributed by atoms with E-state index in [2.05, 4.69) is 15.4 Å². The van der Waals surface area contributed by atoms with Crippen molar-refractivity contribution in [2.24, 2.45) is 0 Å². The van der Waals surface area contributed by atoms with Crippen LogP contribution in [0.1, 0.15) is 17.0 Å². The summed E-state index contributed by atoms with van der Waals surface area (Å²) >= 11 is 1.46. The summed E-state index contributed by atoms with van der Waals surface area (Å²) in [5.74, 6) is -0.558. The van der Waals surface area contributed by atoms with Crippen molar-refractivity contribution in [3.63, 3.8) is 0 Å². The van der Waals surface area contributed by atoms with Crippen LogP contribution in [0.5, 0.6) is 5.75 Å². The fraction of sp³-hybridized carbons (Fsp3) is 0.263. The third-order valence-corrected chi connectivity index (χ3v) is 5.53. The van der Waals surface area contributed by atoms with Crippen molar-refractivity contribution in [2.75, 3.05) is 12.4 Å². The summed E-state index contributed by atoms with van der Waals surface area (Å²) in [6.07, 6.45) is 3.01. The van der Waals surface area contributed by atoms with Gasteiger partial charge >= 0.3 is 0 Å². The number of nitrogens with zero attached hydrogens (tertiary/aromatic N) is 3. The molecular weight excluding hydrogens is 383 g/mol. The highest BCUT2D eigenvalue weighted by atomic mass is 32.1. The first-order valence-corrected chi connectivity index (χ1v) is 9.55. The molecule has 0 atom stereocenters. The number of nitrogens with one attached hydrogen (secondary N) is 1. The van der Waals surface area contributed by atoms with Crippen LogP contribution in [0.25, 0.3) is 11.3 Å². The molecule has 1 aromatic carbocycles. The fourth-order valence-electron chi connectivity index (χ4n) is 3.08. The number of hydrogen-bond acceptors (Lipinski definition) is 6. The molecule has 0 fully saturated rings. The topological polar surface area (TPSA) is 86.1 Å². The molecule has 0 aliphatic heterocycles. The van der Waals surface area contributed by atoms with Crippen LogP contribution in [0.3, 0.4) is 0 Å². The van der Waals surface area contributed by atoms with Gasteiger partial charge in [-0.05, 0) is 37.5 Å². The molecule has 3 aromatic rings. The van der Waals surface area contributed by atoms with Gasteiger partial charge in [-0.2, -0.15) is 5.10 Å². The van der Waals surface area contributed by atoms with E-state index in [1.807, 2.05) is 0 Å². The van der Waals surface area contributed by atoms with Gasteiger partial charge in [0.15, 0.2) is 5.13 Å². The van der Waals surface area contributed by atoms with Crippen molar-refractivity contribution in [2.45, 2.75) is 25.8 Å². The highest BCUT2D eigenvalue weighted by molar-refractivity contribution is 7.15. The number of thiazole rings is 1. The van der Waals surface area contributed by atoms with E-state index in [9.17, 15) is 14.0 Å². The van der Waals surface area contributed by atoms with Gasteiger partial charge in [-0.25, -0.2) is 14.1 Å². The van der Waals surface area contributed by atoms with Gasteiger partial charge in [0.05, 0.1) is 18.5 Å². The Morgan fingerprint density at radius 2 is 2.18 bits per heavy atom. The maximum atomic E-state index is 14.3. The molecule has 0 saturated heterocycles. The number of anilines is 1. The van der Waals surface area contributed by atoms with Gasteiger partial charge in [-0.1, -0.05) is 0 Å². The Morgan fingerprint density at radius 3 is 2.93 bits per heavy atom. The molecular formula is C19H17FN4O3S. The lowest BCUT2D eigenvalue weighted by molar-refractivity contribution is -0.117. The second-order valence-electron chi connectivity index (χ2n) is 6.35. The second kappa shape index (κ2) is 7.51. The van der Waals surface area contributed by atoms with Crippen molar-refractivity contribution in [3.05, 3.63) is 57.1 Å². The van der Waals surface area contributed by atoms with E-state index in [-0.39, 0.29) is 17.8 Å². The molecule has 2 aromatic heterocycles. The molecule has 28 heavy (non-hydrogen) atoms. The van der Waals surface area contributed by atoms with Crippen molar-refractivity contribution in [1.82, 2.24) is 14.8 Å². The van der Waals surface area contributed by atoms with Gasteiger partial charge in [-0.3, -0.25) is 9.59 Å². The number of fused-ring (bicyclic) bond motifs is 1. The molecule has 4 rings (SSSR count). The van der Waals surface area contributed by atoms with Crippen LogP contribution in [0, 0.1) is 5.82 Å². The predicted molar refractivity (Wildman–Crippen MR) is 103 cm³/mol.